The minimum absolute atomic E-state index is 0.0892. The highest BCUT2D eigenvalue weighted by atomic mass is 79.9. The second-order valence-electron chi connectivity index (χ2n) is 8.09. The van der Waals surface area contributed by atoms with Gasteiger partial charge < -0.3 is 10.2 Å². The SMILES string of the molecule is CCNC(=O)C(C)N(Cc1ccc(Br)cc1)C(=O)CCCN(c1cc(Cl)ccc1C)S(C)(=O)=O. The van der Waals surface area contributed by atoms with E-state index in [4.69, 9.17) is 11.6 Å². The Morgan fingerprint density at radius 1 is 1.15 bits per heavy atom. The predicted octanol–water partition coefficient (Wildman–Crippen LogP) is 4.51. The van der Waals surface area contributed by atoms with Crippen LogP contribution in [-0.2, 0) is 26.2 Å². The summed E-state index contributed by atoms with van der Waals surface area (Å²) >= 11 is 9.49. The van der Waals surface area contributed by atoms with Crippen molar-refractivity contribution in [3.05, 3.63) is 63.1 Å². The molecule has 0 heterocycles. The van der Waals surface area contributed by atoms with E-state index in [0.717, 1.165) is 21.9 Å². The van der Waals surface area contributed by atoms with E-state index >= 15 is 0 Å². The molecule has 1 unspecified atom stereocenters. The lowest BCUT2D eigenvalue weighted by Gasteiger charge is -2.29. The first kappa shape index (κ1) is 28.1. The fourth-order valence-electron chi connectivity index (χ4n) is 3.52. The standard InChI is InChI=1S/C24H31BrClN3O4S/c1-5-27-24(31)18(3)28(16-19-9-11-20(25)12-10-19)23(30)7-6-14-29(34(4,32)33)22-15-21(26)13-8-17(22)2/h8-13,15,18H,5-7,14,16H2,1-4H3,(H,27,31). The zero-order chi connectivity index (χ0) is 25.5. The Kier molecular flexibility index (Phi) is 10.4. The van der Waals surface area contributed by atoms with Gasteiger partial charge in [-0.2, -0.15) is 0 Å². The van der Waals surface area contributed by atoms with Crippen molar-refractivity contribution in [1.29, 1.82) is 0 Å². The highest BCUT2D eigenvalue weighted by molar-refractivity contribution is 9.10. The Morgan fingerprint density at radius 2 is 1.79 bits per heavy atom. The molecule has 0 aliphatic rings. The zero-order valence-electron chi connectivity index (χ0n) is 19.8. The van der Waals surface area contributed by atoms with Crippen LogP contribution < -0.4 is 9.62 Å². The second kappa shape index (κ2) is 12.6. The molecule has 186 valence electrons. The van der Waals surface area contributed by atoms with Crippen molar-refractivity contribution in [2.24, 2.45) is 0 Å². The summed E-state index contributed by atoms with van der Waals surface area (Å²) in [5.74, 6) is -0.460. The largest absolute Gasteiger partial charge is 0.355 e. The summed E-state index contributed by atoms with van der Waals surface area (Å²) in [6.45, 7) is 6.18. The fraction of sp³-hybridized carbons (Fsp3) is 0.417. The number of hydrogen-bond donors (Lipinski definition) is 1. The maximum absolute atomic E-state index is 13.2. The van der Waals surface area contributed by atoms with E-state index in [1.807, 2.05) is 38.1 Å². The monoisotopic (exact) mass is 571 g/mol. The molecule has 2 rings (SSSR count). The van der Waals surface area contributed by atoms with Gasteiger partial charge in [0.25, 0.3) is 0 Å². The molecule has 10 heteroatoms. The maximum Gasteiger partial charge on any atom is 0.242 e. The molecule has 1 N–H and O–H groups in total. The molecule has 0 spiro atoms. The summed E-state index contributed by atoms with van der Waals surface area (Å²) in [5.41, 5.74) is 2.15. The van der Waals surface area contributed by atoms with Gasteiger partial charge in [-0.25, -0.2) is 8.42 Å². The normalized spacial score (nSPS) is 12.2. The first-order chi connectivity index (χ1) is 15.9. The van der Waals surface area contributed by atoms with Crippen molar-refractivity contribution >= 4 is 55.1 Å². The van der Waals surface area contributed by atoms with E-state index < -0.39 is 16.1 Å². The Balaban J connectivity index is 2.18. The Bertz CT molecular complexity index is 1110. The molecule has 0 bridgehead atoms. The lowest BCUT2D eigenvalue weighted by atomic mass is 10.1. The maximum atomic E-state index is 13.2. The van der Waals surface area contributed by atoms with Gasteiger partial charge in [-0.3, -0.25) is 13.9 Å². The molecule has 0 saturated carbocycles. The number of nitrogens with zero attached hydrogens (tertiary/aromatic N) is 2. The van der Waals surface area contributed by atoms with Gasteiger partial charge in [0, 0.05) is 35.6 Å². The molecule has 0 aromatic heterocycles. The number of amides is 2. The van der Waals surface area contributed by atoms with Gasteiger partial charge in [0.15, 0.2) is 0 Å². The molecule has 0 saturated heterocycles. The minimum atomic E-state index is -3.58. The highest BCUT2D eigenvalue weighted by Crippen LogP contribution is 2.27. The van der Waals surface area contributed by atoms with Crippen LogP contribution in [0.4, 0.5) is 5.69 Å². The molecule has 2 aromatic carbocycles. The molecule has 0 aliphatic heterocycles. The van der Waals surface area contributed by atoms with Crippen LogP contribution in [0.3, 0.4) is 0 Å². The Morgan fingerprint density at radius 3 is 2.38 bits per heavy atom. The average molecular weight is 573 g/mol. The fourth-order valence-corrected chi connectivity index (χ4v) is 4.97. The lowest BCUT2D eigenvalue weighted by Crippen LogP contribution is -2.47. The first-order valence-corrected chi connectivity index (χ1v) is 14.0. The molecule has 2 aromatic rings. The predicted molar refractivity (Wildman–Crippen MR) is 140 cm³/mol. The molecular weight excluding hydrogens is 542 g/mol. The van der Waals surface area contributed by atoms with Crippen LogP contribution in [0, 0.1) is 6.92 Å². The van der Waals surface area contributed by atoms with Gasteiger partial charge in [-0.05, 0) is 62.6 Å². The number of nitrogens with one attached hydrogen (secondary N) is 1. The number of rotatable bonds is 11. The third kappa shape index (κ3) is 7.99. The van der Waals surface area contributed by atoms with Crippen LogP contribution in [0.15, 0.2) is 46.9 Å². The van der Waals surface area contributed by atoms with Crippen molar-refractivity contribution in [3.8, 4) is 0 Å². The molecular formula is C24H31BrClN3O4S. The van der Waals surface area contributed by atoms with Crippen LogP contribution in [0.5, 0.6) is 0 Å². The smallest absolute Gasteiger partial charge is 0.242 e. The molecule has 0 fully saturated rings. The van der Waals surface area contributed by atoms with Gasteiger partial charge in [-0.1, -0.05) is 45.7 Å². The second-order valence-corrected chi connectivity index (χ2v) is 11.3. The average Bonchev–Trinajstić information content (AvgIpc) is 2.77. The van der Waals surface area contributed by atoms with Crippen molar-refractivity contribution in [2.45, 2.75) is 46.2 Å². The van der Waals surface area contributed by atoms with Crippen molar-refractivity contribution in [1.82, 2.24) is 10.2 Å². The van der Waals surface area contributed by atoms with Crippen molar-refractivity contribution in [3.63, 3.8) is 0 Å². The van der Waals surface area contributed by atoms with Crippen LogP contribution in [0.25, 0.3) is 0 Å². The van der Waals surface area contributed by atoms with Crippen LogP contribution in [-0.4, -0.2) is 50.5 Å². The quantitative estimate of drug-likeness (QED) is 0.429. The van der Waals surface area contributed by atoms with Gasteiger partial charge in [0.1, 0.15) is 6.04 Å². The highest BCUT2D eigenvalue weighted by Gasteiger charge is 2.26. The molecule has 34 heavy (non-hydrogen) atoms. The number of halogens is 2. The number of hydrogen-bond acceptors (Lipinski definition) is 4. The molecule has 2 amide bonds. The third-order valence-corrected chi connectivity index (χ3v) is 7.32. The molecule has 0 aliphatic carbocycles. The molecule has 1 atom stereocenters. The summed E-state index contributed by atoms with van der Waals surface area (Å²) in [4.78, 5) is 27.2. The topological polar surface area (TPSA) is 86.8 Å². The van der Waals surface area contributed by atoms with E-state index in [9.17, 15) is 18.0 Å². The number of carbonyl (C=O) groups excluding carboxylic acids is 2. The van der Waals surface area contributed by atoms with E-state index in [2.05, 4.69) is 21.2 Å². The summed E-state index contributed by atoms with van der Waals surface area (Å²) in [5, 5.41) is 3.19. The van der Waals surface area contributed by atoms with E-state index in [1.165, 1.54) is 9.21 Å². The zero-order valence-corrected chi connectivity index (χ0v) is 23.0. The van der Waals surface area contributed by atoms with Gasteiger partial charge in [0.05, 0.1) is 11.9 Å². The number of carbonyl (C=O) groups is 2. The Hall–Kier alpha value is -2.10. The third-order valence-electron chi connectivity index (χ3n) is 5.38. The van der Waals surface area contributed by atoms with Gasteiger partial charge in [0.2, 0.25) is 21.8 Å². The number of benzene rings is 2. The summed E-state index contributed by atoms with van der Waals surface area (Å²) in [7, 11) is -3.58. The van der Waals surface area contributed by atoms with Crippen LogP contribution >= 0.6 is 27.5 Å². The molecule has 0 radical (unpaired) electrons. The number of sulfonamides is 1. The summed E-state index contributed by atoms with van der Waals surface area (Å²) in [6.07, 6.45) is 1.51. The lowest BCUT2D eigenvalue weighted by molar-refractivity contribution is -0.140. The molecule has 7 nitrogen and oxygen atoms in total. The van der Waals surface area contributed by atoms with E-state index in [0.29, 0.717) is 17.3 Å². The minimum Gasteiger partial charge on any atom is -0.355 e. The van der Waals surface area contributed by atoms with E-state index in [1.54, 1.807) is 25.1 Å². The van der Waals surface area contributed by atoms with E-state index in [-0.39, 0.29) is 37.7 Å². The van der Waals surface area contributed by atoms with Crippen LogP contribution in [0.1, 0.15) is 37.8 Å². The van der Waals surface area contributed by atoms with Crippen molar-refractivity contribution in [2.75, 3.05) is 23.7 Å². The number of aryl methyl sites for hydroxylation is 1. The summed E-state index contributed by atoms with van der Waals surface area (Å²) in [6, 6.07) is 11.9. The Labute approximate surface area is 215 Å². The van der Waals surface area contributed by atoms with Crippen molar-refractivity contribution < 1.29 is 18.0 Å². The number of anilines is 1. The van der Waals surface area contributed by atoms with Gasteiger partial charge >= 0.3 is 0 Å². The van der Waals surface area contributed by atoms with Crippen LogP contribution in [0.2, 0.25) is 5.02 Å². The van der Waals surface area contributed by atoms with Gasteiger partial charge in [-0.15, -0.1) is 0 Å². The first-order valence-electron chi connectivity index (χ1n) is 11.0. The summed E-state index contributed by atoms with van der Waals surface area (Å²) < 4.78 is 27.1. The number of likely N-dealkylation sites (N-methyl/N-ethyl adjacent to an activating group) is 1.